The lowest BCUT2D eigenvalue weighted by Crippen LogP contribution is -2.49. The third kappa shape index (κ3) is 4.30. The standard InChI is InChI=1S/C22H20ClF3N4O/c1-13-3-4-15-10-17(14(2)28-19(15)9-13)21(31)30-7-5-29(6-8-30)20-18(23)11-16(12-27-20)22(24,25)26/h3-4,9-12H,5-8H2,1-2H3. The van der Waals surface area contributed by atoms with Crippen LogP contribution in [0.4, 0.5) is 19.0 Å². The first-order valence-electron chi connectivity index (χ1n) is 9.78. The summed E-state index contributed by atoms with van der Waals surface area (Å²) in [5.41, 5.74) is 2.28. The zero-order chi connectivity index (χ0) is 22.3. The van der Waals surface area contributed by atoms with Gasteiger partial charge >= 0.3 is 6.18 Å². The number of alkyl halides is 3. The number of fused-ring (bicyclic) bond motifs is 1. The lowest BCUT2D eigenvalue weighted by Gasteiger charge is -2.36. The zero-order valence-electron chi connectivity index (χ0n) is 17.0. The Balaban J connectivity index is 1.49. The summed E-state index contributed by atoms with van der Waals surface area (Å²) in [5, 5.41) is 0.846. The van der Waals surface area contributed by atoms with E-state index in [1.807, 2.05) is 38.1 Å². The highest BCUT2D eigenvalue weighted by molar-refractivity contribution is 6.33. The molecule has 0 N–H and O–H groups in total. The number of nitrogens with zero attached hydrogens (tertiary/aromatic N) is 4. The Hall–Kier alpha value is -2.87. The predicted octanol–water partition coefficient (Wildman–Crippen LogP) is 4.88. The fourth-order valence-electron chi connectivity index (χ4n) is 3.70. The fraction of sp³-hybridized carbons (Fsp3) is 0.318. The van der Waals surface area contributed by atoms with E-state index in [1.165, 1.54) is 0 Å². The topological polar surface area (TPSA) is 49.3 Å². The van der Waals surface area contributed by atoms with Crippen molar-refractivity contribution >= 4 is 34.2 Å². The van der Waals surface area contributed by atoms with Crippen LogP contribution >= 0.6 is 11.6 Å². The second-order valence-corrected chi connectivity index (χ2v) is 8.03. The van der Waals surface area contributed by atoms with Crippen LogP contribution < -0.4 is 4.90 Å². The molecule has 1 saturated heterocycles. The molecule has 0 radical (unpaired) electrons. The highest BCUT2D eigenvalue weighted by atomic mass is 35.5. The van der Waals surface area contributed by atoms with Crippen LogP contribution in [0.2, 0.25) is 5.02 Å². The van der Waals surface area contributed by atoms with E-state index in [1.54, 1.807) is 9.80 Å². The second-order valence-electron chi connectivity index (χ2n) is 7.62. The van der Waals surface area contributed by atoms with Gasteiger partial charge in [0.2, 0.25) is 0 Å². The van der Waals surface area contributed by atoms with E-state index in [0.717, 1.165) is 28.7 Å². The van der Waals surface area contributed by atoms with Gasteiger partial charge in [-0.25, -0.2) is 4.98 Å². The van der Waals surface area contributed by atoms with Gasteiger partial charge in [-0.15, -0.1) is 0 Å². The zero-order valence-corrected chi connectivity index (χ0v) is 17.8. The minimum atomic E-state index is -4.50. The van der Waals surface area contributed by atoms with Crippen molar-refractivity contribution in [1.29, 1.82) is 0 Å². The van der Waals surface area contributed by atoms with Gasteiger partial charge in [0.15, 0.2) is 0 Å². The van der Waals surface area contributed by atoms with Crippen molar-refractivity contribution in [1.82, 2.24) is 14.9 Å². The monoisotopic (exact) mass is 448 g/mol. The van der Waals surface area contributed by atoms with Crippen LogP contribution in [0.1, 0.15) is 27.2 Å². The van der Waals surface area contributed by atoms with Crippen LogP contribution in [0.5, 0.6) is 0 Å². The summed E-state index contributed by atoms with van der Waals surface area (Å²) < 4.78 is 38.5. The summed E-state index contributed by atoms with van der Waals surface area (Å²) in [5.74, 6) is 0.180. The molecule has 2 aromatic heterocycles. The maximum Gasteiger partial charge on any atom is 0.417 e. The minimum absolute atomic E-state index is 0.0560. The summed E-state index contributed by atoms with van der Waals surface area (Å²) in [6, 6.07) is 8.65. The molecule has 4 rings (SSSR count). The van der Waals surface area contributed by atoms with Crippen molar-refractivity contribution in [2.24, 2.45) is 0 Å². The lowest BCUT2D eigenvalue weighted by atomic mass is 10.1. The molecule has 3 aromatic rings. The van der Waals surface area contributed by atoms with E-state index in [-0.39, 0.29) is 10.9 Å². The number of hydrogen-bond acceptors (Lipinski definition) is 4. The molecule has 0 saturated carbocycles. The van der Waals surface area contributed by atoms with Gasteiger partial charge in [-0.2, -0.15) is 13.2 Å². The summed E-state index contributed by atoms with van der Waals surface area (Å²) in [4.78, 5) is 25.1. The second kappa shape index (κ2) is 8.00. The Morgan fingerprint density at radius 3 is 2.42 bits per heavy atom. The van der Waals surface area contributed by atoms with Crippen LogP contribution in [0.3, 0.4) is 0 Å². The molecular formula is C22H20ClF3N4O. The molecule has 5 nitrogen and oxygen atoms in total. The molecule has 162 valence electrons. The van der Waals surface area contributed by atoms with Crippen molar-refractivity contribution < 1.29 is 18.0 Å². The number of aryl methyl sites for hydroxylation is 2. The average molecular weight is 449 g/mol. The van der Waals surface area contributed by atoms with Crippen molar-refractivity contribution in [2.75, 3.05) is 31.1 Å². The predicted molar refractivity (Wildman–Crippen MR) is 114 cm³/mol. The smallest absolute Gasteiger partial charge is 0.352 e. The Bertz CT molecular complexity index is 1160. The van der Waals surface area contributed by atoms with E-state index in [0.29, 0.717) is 43.3 Å². The Morgan fingerprint density at radius 1 is 1.06 bits per heavy atom. The molecule has 0 bridgehead atoms. The highest BCUT2D eigenvalue weighted by Crippen LogP contribution is 2.33. The third-order valence-electron chi connectivity index (χ3n) is 5.41. The van der Waals surface area contributed by atoms with Crippen molar-refractivity contribution in [3.63, 3.8) is 0 Å². The van der Waals surface area contributed by atoms with Crippen LogP contribution in [-0.4, -0.2) is 47.0 Å². The minimum Gasteiger partial charge on any atom is -0.352 e. The van der Waals surface area contributed by atoms with E-state index in [2.05, 4.69) is 9.97 Å². The third-order valence-corrected chi connectivity index (χ3v) is 5.69. The van der Waals surface area contributed by atoms with Crippen molar-refractivity contribution in [2.45, 2.75) is 20.0 Å². The normalized spacial score (nSPS) is 14.9. The van der Waals surface area contributed by atoms with Crippen molar-refractivity contribution in [3.8, 4) is 0 Å². The number of hydrogen-bond donors (Lipinski definition) is 0. The van der Waals surface area contributed by atoms with E-state index >= 15 is 0 Å². The molecule has 0 aliphatic carbocycles. The Labute approximate surface area is 182 Å². The first-order valence-corrected chi connectivity index (χ1v) is 10.2. The summed E-state index contributed by atoms with van der Waals surface area (Å²) in [6.07, 6.45) is -3.71. The van der Waals surface area contributed by atoms with Gasteiger partial charge in [0.05, 0.1) is 27.4 Å². The van der Waals surface area contributed by atoms with E-state index < -0.39 is 11.7 Å². The average Bonchev–Trinajstić information content (AvgIpc) is 2.72. The maximum atomic E-state index is 13.1. The molecule has 0 spiro atoms. The lowest BCUT2D eigenvalue weighted by molar-refractivity contribution is -0.137. The SMILES string of the molecule is Cc1ccc2cc(C(=O)N3CCN(c4ncc(C(F)(F)F)cc4Cl)CC3)c(C)nc2c1. The van der Waals surface area contributed by atoms with Crippen LogP contribution in [0.15, 0.2) is 36.5 Å². The number of aromatic nitrogens is 2. The highest BCUT2D eigenvalue weighted by Gasteiger charge is 2.32. The largest absolute Gasteiger partial charge is 0.417 e. The molecule has 1 aliphatic heterocycles. The molecular weight excluding hydrogens is 429 g/mol. The number of carbonyl (C=O) groups is 1. The molecule has 3 heterocycles. The van der Waals surface area contributed by atoms with Gasteiger partial charge in [0.25, 0.3) is 5.91 Å². The Morgan fingerprint density at radius 2 is 1.77 bits per heavy atom. The molecule has 9 heteroatoms. The number of benzene rings is 1. The molecule has 1 aromatic carbocycles. The van der Waals surface area contributed by atoms with Crippen LogP contribution in [-0.2, 0) is 6.18 Å². The molecule has 0 unspecified atom stereocenters. The van der Waals surface area contributed by atoms with Gasteiger partial charge in [-0.1, -0.05) is 23.7 Å². The molecule has 1 amide bonds. The Kier molecular flexibility index (Phi) is 5.51. The fourth-order valence-corrected chi connectivity index (χ4v) is 3.99. The summed E-state index contributed by atoms with van der Waals surface area (Å²) >= 11 is 6.06. The van der Waals surface area contributed by atoms with E-state index in [4.69, 9.17) is 11.6 Å². The maximum absolute atomic E-state index is 13.1. The number of anilines is 1. The van der Waals surface area contributed by atoms with Crippen molar-refractivity contribution in [3.05, 3.63) is 63.9 Å². The molecule has 0 atom stereocenters. The number of pyridine rings is 2. The van der Waals surface area contributed by atoms with Gasteiger partial charge < -0.3 is 9.80 Å². The van der Waals surface area contributed by atoms with Gasteiger partial charge in [0, 0.05) is 37.8 Å². The number of halogens is 4. The summed E-state index contributed by atoms with van der Waals surface area (Å²) in [7, 11) is 0. The number of rotatable bonds is 2. The molecule has 1 fully saturated rings. The molecule has 1 aliphatic rings. The molecule has 31 heavy (non-hydrogen) atoms. The number of piperazine rings is 1. The summed E-state index contributed by atoms with van der Waals surface area (Å²) in [6.45, 7) is 5.46. The van der Waals surface area contributed by atoms with Crippen LogP contribution in [0.25, 0.3) is 10.9 Å². The van der Waals surface area contributed by atoms with Gasteiger partial charge in [0.1, 0.15) is 5.82 Å². The van der Waals surface area contributed by atoms with Gasteiger partial charge in [-0.05, 0) is 37.6 Å². The number of amides is 1. The number of carbonyl (C=O) groups excluding carboxylic acids is 1. The van der Waals surface area contributed by atoms with Crippen LogP contribution in [0, 0.1) is 13.8 Å². The quantitative estimate of drug-likeness (QED) is 0.560. The van der Waals surface area contributed by atoms with Gasteiger partial charge in [-0.3, -0.25) is 9.78 Å². The van der Waals surface area contributed by atoms with E-state index in [9.17, 15) is 18.0 Å². The first kappa shape index (κ1) is 21.4. The first-order chi connectivity index (χ1) is 14.6.